The zero-order valence-corrected chi connectivity index (χ0v) is 14.7. The largest absolute Gasteiger partial charge is 0.355 e. The fourth-order valence-corrected chi connectivity index (χ4v) is 3.34. The van der Waals surface area contributed by atoms with E-state index in [1.54, 1.807) is 0 Å². The molecular weight excluding hydrogens is 292 g/mol. The highest BCUT2D eigenvalue weighted by molar-refractivity contribution is 5.78. The summed E-state index contributed by atoms with van der Waals surface area (Å²) < 4.78 is 0. The van der Waals surface area contributed by atoms with Gasteiger partial charge in [0.15, 0.2) is 0 Å². The third-order valence-corrected chi connectivity index (χ3v) is 4.55. The molecular formula is C17H32N4O2. The average Bonchev–Trinajstić information content (AvgIpc) is 2.90. The van der Waals surface area contributed by atoms with Gasteiger partial charge in [0.2, 0.25) is 11.8 Å². The molecule has 132 valence electrons. The summed E-state index contributed by atoms with van der Waals surface area (Å²) in [5.41, 5.74) is 0. The SMILES string of the molecule is CC(C)CN1CCN(CC(=O)NCCCN2CCCC2=O)CC1. The number of carbonyl (C=O) groups excluding carboxylic acids is 2. The molecule has 0 unspecified atom stereocenters. The summed E-state index contributed by atoms with van der Waals surface area (Å²) in [4.78, 5) is 30.1. The smallest absolute Gasteiger partial charge is 0.234 e. The quantitative estimate of drug-likeness (QED) is 0.656. The van der Waals surface area contributed by atoms with Crippen LogP contribution in [0.25, 0.3) is 0 Å². The molecule has 0 bridgehead atoms. The Kier molecular flexibility index (Phi) is 7.30. The molecule has 2 heterocycles. The van der Waals surface area contributed by atoms with Crippen molar-refractivity contribution in [3.63, 3.8) is 0 Å². The molecule has 0 atom stereocenters. The van der Waals surface area contributed by atoms with Gasteiger partial charge >= 0.3 is 0 Å². The van der Waals surface area contributed by atoms with Crippen LogP contribution in [-0.4, -0.2) is 85.4 Å². The normalized spacial score (nSPS) is 20.5. The minimum Gasteiger partial charge on any atom is -0.355 e. The van der Waals surface area contributed by atoms with Gasteiger partial charge in [0, 0.05) is 58.8 Å². The Balaban J connectivity index is 1.52. The highest BCUT2D eigenvalue weighted by Crippen LogP contribution is 2.09. The van der Waals surface area contributed by atoms with Crippen LogP contribution in [0.2, 0.25) is 0 Å². The van der Waals surface area contributed by atoms with Gasteiger partial charge in [-0.2, -0.15) is 0 Å². The molecule has 0 aromatic rings. The zero-order valence-electron chi connectivity index (χ0n) is 14.7. The van der Waals surface area contributed by atoms with Crippen molar-refractivity contribution in [2.24, 2.45) is 5.92 Å². The van der Waals surface area contributed by atoms with Crippen LogP contribution in [0.1, 0.15) is 33.1 Å². The van der Waals surface area contributed by atoms with Crippen LogP contribution < -0.4 is 5.32 Å². The van der Waals surface area contributed by atoms with Gasteiger partial charge in [-0.15, -0.1) is 0 Å². The molecule has 1 N–H and O–H groups in total. The van der Waals surface area contributed by atoms with Crippen molar-refractivity contribution in [2.45, 2.75) is 33.1 Å². The number of hydrogen-bond donors (Lipinski definition) is 1. The molecule has 0 spiro atoms. The van der Waals surface area contributed by atoms with Gasteiger partial charge in [0.1, 0.15) is 0 Å². The van der Waals surface area contributed by atoms with Gasteiger partial charge in [-0.3, -0.25) is 14.5 Å². The molecule has 0 aromatic heterocycles. The van der Waals surface area contributed by atoms with Crippen molar-refractivity contribution in [3.05, 3.63) is 0 Å². The second kappa shape index (κ2) is 9.23. The van der Waals surface area contributed by atoms with E-state index in [9.17, 15) is 9.59 Å². The van der Waals surface area contributed by atoms with Crippen molar-refractivity contribution < 1.29 is 9.59 Å². The first-order chi connectivity index (χ1) is 11.0. The van der Waals surface area contributed by atoms with Gasteiger partial charge in [-0.05, 0) is 18.8 Å². The first-order valence-electron chi connectivity index (χ1n) is 9.04. The molecule has 2 aliphatic rings. The molecule has 0 saturated carbocycles. The number of piperazine rings is 1. The van der Waals surface area contributed by atoms with E-state index in [0.717, 1.165) is 58.7 Å². The molecule has 0 radical (unpaired) electrons. The third kappa shape index (κ3) is 6.47. The van der Waals surface area contributed by atoms with Crippen molar-refractivity contribution in [1.29, 1.82) is 0 Å². The number of likely N-dealkylation sites (tertiary alicyclic amines) is 1. The molecule has 2 saturated heterocycles. The van der Waals surface area contributed by atoms with Crippen molar-refractivity contribution in [3.8, 4) is 0 Å². The average molecular weight is 324 g/mol. The van der Waals surface area contributed by atoms with Gasteiger partial charge in [-0.1, -0.05) is 13.8 Å². The van der Waals surface area contributed by atoms with Crippen LogP contribution in [0.3, 0.4) is 0 Å². The summed E-state index contributed by atoms with van der Waals surface area (Å²) >= 11 is 0. The second-order valence-corrected chi connectivity index (χ2v) is 7.16. The Hall–Kier alpha value is -1.14. The lowest BCUT2D eigenvalue weighted by Gasteiger charge is -2.35. The lowest BCUT2D eigenvalue weighted by molar-refractivity contribution is -0.127. The van der Waals surface area contributed by atoms with Gasteiger partial charge in [-0.25, -0.2) is 0 Å². The molecule has 0 aliphatic carbocycles. The number of rotatable bonds is 8. The van der Waals surface area contributed by atoms with E-state index in [2.05, 4.69) is 29.0 Å². The standard InChI is InChI=1S/C17H32N4O2/c1-15(2)13-19-9-11-20(12-10-19)14-16(22)18-6-4-8-21-7-3-5-17(21)23/h15H,3-14H2,1-2H3,(H,18,22). The highest BCUT2D eigenvalue weighted by atomic mass is 16.2. The van der Waals surface area contributed by atoms with E-state index < -0.39 is 0 Å². The number of hydrogen-bond acceptors (Lipinski definition) is 4. The molecule has 2 rings (SSSR count). The summed E-state index contributed by atoms with van der Waals surface area (Å²) in [7, 11) is 0. The number of nitrogens with zero attached hydrogens (tertiary/aromatic N) is 3. The van der Waals surface area contributed by atoms with Gasteiger partial charge < -0.3 is 15.1 Å². The Bertz CT molecular complexity index is 392. The summed E-state index contributed by atoms with van der Waals surface area (Å²) in [5, 5.41) is 2.98. The van der Waals surface area contributed by atoms with Crippen LogP contribution in [0, 0.1) is 5.92 Å². The van der Waals surface area contributed by atoms with E-state index in [4.69, 9.17) is 0 Å². The van der Waals surface area contributed by atoms with E-state index in [0.29, 0.717) is 25.4 Å². The van der Waals surface area contributed by atoms with E-state index >= 15 is 0 Å². The number of nitrogens with one attached hydrogen (secondary N) is 1. The second-order valence-electron chi connectivity index (χ2n) is 7.16. The third-order valence-electron chi connectivity index (χ3n) is 4.55. The summed E-state index contributed by atoms with van der Waals surface area (Å²) in [5.74, 6) is 1.07. The monoisotopic (exact) mass is 324 g/mol. The fourth-order valence-electron chi connectivity index (χ4n) is 3.34. The van der Waals surface area contributed by atoms with Crippen molar-refractivity contribution in [1.82, 2.24) is 20.0 Å². The zero-order chi connectivity index (χ0) is 16.7. The maximum atomic E-state index is 12.0. The first kappa shape index (κ1) is 18.2. The minimum absolute atomic E-state index is 0.107. The topological polar surface area (TPSA) is 55.9 Å². The van der Waals surface area contributed by atoms with Crippen LogP contribution in [0.5, 0.6) is 0 Å². The number of carbonyl (C=O) groups is 2. The fraction of sp³-hybridized carbons (Fsp3) is 0.882. The lowest BCUT2D eigenvalue weighted by Crippen LogP contribution is -2.50. The lowest BCUT2D eigenvalue weighted by atomic mass is 10.2. The maximum absolute atomic E-state index is 12.0. The predicted octanol–water partition coefficient (Wildman–Crippen LogP) is 0.389. The Morgan fingerprint density at radius 2 is 1.83 bits per heavy atom. The van der Waals surface area contributed by atoms with Gasteiger partial charge in [0.25, 0.3) is 0 Å². The molecule has 2 fully saturated rings. The number of amides is 2. The van der Waals surface area contributed by atoms with Crippen LogP contribution in [0.15, 0.2) is 0 Å². The Morgan fingerprint density at radius 3 is 2.43 bits per heavy atom. The van der Waals surface area contributed by atoms with Crippen LogP contribution in [0.4, 0.5) is 0 Å². The molecule has 0 aromatic carbocycles. The maximum Gasteiger partial charge on any atom is 0.234 e. The summed E-state index contributed by atoms with van der Waals surface area (Å²) in [6, 6.07) is 0. The predicted molar refractivity (Wildman–Crippen MR) is 91.2 cm³/mol. The molecule has 2 aliphatic heterocycles. The van der Waals surface area contributed by atoms with Crippen molar-refractivity contribution >= 4 is 11.8 Å². The highest BCUT2D eigenvalue weighted by Gasteiger charge is 2.20. The van der Waals surface area contributed by atoms with E-state index in [-0.39, 0.29) is 11.8 Å². The molecule has 6 nitrogen and oxygen atoms in total. The summed E-state index contributed by atoms with van der Waals surface area (Å²) in [6.45, 7) is 12.5. The molecule has 6 heteroatoms. The summed E-state index contributed by atoms with van der Waals surface area (Å²) in [6.07, 6.45) is 2.52. The van der Waals surface area contributed by atoms with Gasteiger partial charge in [0.05, 0.1) is 6.54 Å². The van der Waals surface area contributed by atoms with E-state index in [1.165, 1.54) is 0 Å². The van der Waals surface area contributed by atoms with Crippen molar-refractivity contribution in [2.75, 3.05) is 58.9 Å². The van der Waals surface area contributed by atoms with Crippen LogP contribution >= 0.6 is 0 Å². The molecule has 23 heavy (non-hydrogen) atoms. The van der Waals surface area contributed by atoms with E-state index in [1.807, 2.05) is 4.90 Å². The first-order valence-corrected chi connectivity index (χ1v) is 9.04. The Labute approximate surface area is 140 Å². The minimum atomic E-state index is 0.107. The molecule has 2 amide bonds. The Morgan fingerprint density at radius 1 is 1.13 bits per heavy atom. The van der Waals surface area contributed by atoms with Crippen LogP contribution in [-0.2, 0) is 9.59 Å².